The van der Waals surface area contributed by atoms with E-state index in [4.69, 9.17) is 11.6 Å². The highest BCUT2D eigenvalue weighted by Gasteiger charge is 2.63. The van der Waals surface area contributed by atoms with Crippen LogP contribution in [0.15, 0.2) is 69.3 Å². The first-order valence-corrected chi connectivity index (χ1v) is 12.1. The fourth-order valence-corrected chi connectivity index (χ4v) is 6.38. The van der Waals surface area contributed by atoms with E-state index in [9.17, 15) is 18.3 Å². The van der Waals surface area contributed by atoms with Crippen molar-refractivity contribution in [2.75, 3.05) is 0 Å². The summed E-state index contributed by atoms with van der Waals surface area (Å²) in [5.41, 5.74) is 0.0937. The van der Waals surface area contributed by atoms with Crippen LogP contribution in [0.2, 0.25) is 5.02 Å². The predicted octanol–water partition coefficient (Wildman–Crippen LogP) is 5.12. The molecule has 3 aromatic rings. The number of benzene rings is 2. The van der Waals surface area contributed by atoms with Crippen LogP contribution in [0.3, 0.4) is 0 Å². The maximum Gasteiger partial charge on any atom is 0.325 e. The lowest BCUT2D eigenvalue weighted by atomic mass is 10.1. The molecule has 29 heavy (non-hydrogen) atoms. The first-order chi connectivity index (χ1) is 13.7. The van der Waals surface area contributed by atoms with E-state index in [0.29, 0.717) is 5.02 Å². The molecule has 0 amide bonds. The van der Waals surface area contributed by atoms with Gasteiger partial charge in [-0.05, 0) is 53.9 Å². The number of sulfonamides is 1. The quantitative estimate of drug-likeness (QED) is 0.480. The van der Waals surface area contributed by atoms with E-state index < -0.39 is 27.4 Å². The molecular formula is C20H15BrClNO4S2. The second-order valence-corrected chi connectivity index (χ2v) is 11.2. The van der Waals surface area contributed by atoms with Gasteiger partial charge in [-0.1, -0.05) is 51.8 Å². The number of hydrogen-bond acceptors (Lipinski definition) is 4. The van der Waals surface area contributed by atoms with E-state index in [1.165, 1.54) is 6.07 Å². The lowest BCUT2D eigenvalue weighted by Crippen LogP contribution is -2.44. The van der Waals surface area contributed by atoms with Crippen LogP contribution >= 0.6 is 38.9 Å². The Labute approximate surface area is 185 Å². The molecule has 0 aliphatic heterocycles. The molecule has 0 bridgehead atoms. The third kappa shape index (κ3) is 4.00. The van der Waals surface area contributed by atoms with Gasteiger partial charge in [-0.15, -0.1) is 11.3 Å². The summed E-state index contributed by atoms with van der Waals surface area (Å²) >= 11 is 10.3. The van der Waals surface area contributed by atoms with Crippen molar-refractivity contribution in [3.8, 4) is 10.4 Å². The van der Waals surface area contributed by atoms with Gasteiger partial charge in [0.2, 0.25) is 0 Å². The third-order valence-corrected chi connectivity index (χ3v) is 8.82. The molecule has 1 heterocycles. The van der Waals surface area contributed by atoms with E-state index in [2.05, 4.69) is 20.7 Å². The lowest BCUT2D eigenvalue weighted by molar-refractivity contribution is -0.140. The number of hydrogen-bond donors (Lipinski definition) is 2. The molecule has 2 atom stereocenters. The summed E-state index contributed by atoms with van der Waals surface area (Å²) in [7, 11) is -3.99. The minimum absolute atomic E-state index is 0.0736. The standard InChI is InChI=1S/C20H15BrClNO4S2/c21-14-5-1-12(2-6-14)16-11-20(16,19(24)25)23-29(26,27)18-10-9-17(28-18)13-3-7-15(22)8-4-13/h1-10,16,23H,11H2,(H,24,25)/t16-,20-/m1/s1. The molecule has 1 aliphatic carbocycles. The number of carboxylic acids is 1. The summed E-state index contributed by atoms with van der Waals surface area (Å²) in [4.78, 5) is 12.7. The minimum Gasteiger partial charge on any atom is -0.480 e. The van der Waals surface area contributed by atoms with Crippen molar-refractivity contribution >= 4 is 54.9 Å². The van der Waals surface area contributed by atoms with Crippen LogP contribution in [0, 0.1) is 0 Å². The molecule has 0 saturated heterocycles. The maximum atomic E-state index is 12.9. The van der Waals surface area contributed by atoms with Crippen LogP contribution in [0.5, 0.6) is 0 Å². The topological polar surface area (TPSA) is 83.5 Å². The van der Waals surface area contributed by atoms with Gasteiger partial charge in [0.1, 0.15) is 9.75 Å². The highest BCUT2D eigenvalue weighted by Crippen LogP contribution is 2.52. The zero-order valence-electron chi connectivity index (χ0n) is 14.8. The van der Waals surface area contributed by atoms with Crippen molar-refractivity contribution in [2.24, 2.45) is 0 Å². The van der Waals surface area contributed by atoms with Crippen LogP contribution in [0.25, 0.3) is 10.4 Å². The van der Waals surface area contributed by atoms with Crippen molar-refractivity contribution in [3.05, 3.63) is 75.7 Å². The molecule has 0 spiro atoms. The lowest BCUT2D eigenvalue weighted by Gasteiger charge is -2.14. The zero-order valence-corrected chi connectivity index (χ0v) is 18.8. The smallest absolute Gasteiger partial charge is 0.325 e. The molecule has 2 N–H and O–H groups in total. The van der Waals surface area contributed by atoms with Crippen LogP contribution < -0.4 is 4.72 Å². The Morgan fingerprint density at radius 3 is 2.38 bits per heavy atom. The molecule has 5 nitrogen and oxygen atoms in total. The highest BCUT2D eigenvalue weighted by molar-refractivity contribution is 9.10. The van der Waals surface area contributed by atoms with Crippen molar-refractivity contribution in [3.63, 3.8) is 0 Å². The Bertz CT molecular complexity index is 1180. The average Bonchev–Trinajstić information content (AvgIpc) is 3.17. The van der Waals surface area contributed by atoms with Gasteiger partial charge in [0.05, 0.1) is 0 Å². The van der Waals surface area contributed by atoms with Gasteiger partial charge < -0.3 is 5.11 Å². The van der Waals surface area contributed by atoms with Crippen LogP contribution in [0.4, 0.5) is 0 Å². The fraction of sp³-hybridized carbons (Fsp3) is 0.150. The molecule has 9 heteroatoms. The van der Waals surface area contributed by atoms with Crippen LogP contribution in [-0.2, 0) is 14.8 Å². The summed E-state index contributed by atoms with van der Waals surface area (Å²) in [6, 6.07) is 17.5. The molecule has 4 rings (SSSR count). The Kier molecular flexibility index (Phi) is 5.33. The van der Waals surface area contributed by atoms with E-state index in [-0.39, 0.29) is 10.6 Å². The Hall–Kier alpha value is -1.71. The average molecular weight is 513 g/mol. The fourth-order valence-electron chi connectivity index (χ4n) is 3.28. The summed E-state index contributed by atoms with van der Waals surface area (Å²) in [6.45, 7) is 0. The molecule has 1 saturated carbocycles. The molecule has 0 unspecified atom stereocenters. The van der Waals surface area contributed by atoms with Gasteiger partial charge in [-0.3, -0.25) is 4.79 Å². The van der Waals surface area contributed by atoms with Gasteiger partial charge in [0.25, 0.3) is 10.0 Å². The van der Waals surface area contributed by atoms with Crippen molar-refractivity contribution in [1.82, 2.24) is 4.72 Å². The Morgan fingerprint density at radius 1 is 1.10 bits per heavy atom. The Morgan fingerprint density at radius 2 is 1.76 bits per heavy atom. The predicted molar refractivity (Wildman–Crippen MR) is 117 cm³/mol. The summed E-state index contributed by atoms with van der Waals surface area (Å²) in [6.07, 6.45) is 0.207. The summed E-state index contributed by atoms with van der Waals surface area (Å²) in [5, 5.41) is 10.4. The van der Waals surface area contributed by atoms with E-state index in [1.807, 2.05) is 12.1 Å². The number of carbonyl (C=O) groups is 1. The summed E-state index contributed by atoms with van der Waals surface area (Å²) in [5.74, 6) is -1.60. The SMILES string of the molecule is O=C(O)[C@@]1(NS(=O)(=O)c2ccc(-c3ccc(Cl)cc3)s2)C[C@@H]1c1ccc(Br)cc1. The van der Waals surface area contributed by atoms with Crippen LogP contribution in [-0.4, -0.2) is 25.0 Å². The maximum absolute atomic E-state index is 12.9. The van der Waals surface area contributed by atoms with E-state index >= 15 is 0 Å². The second kappa shape index (κ2) is 7.52. The molecule has 0 radical (unpaired) electrons. The minimum atomic E-state index is -3.99. The van der Waals surface area contributed by atoms with E-state index in [1.54, 1.807) is 42.5 Å². The first-order valence-electron chi connectivity index (χ1n) is 8.60. The number of aliphatic carboxylic acids is 1. The number of nitrogens with one attached hydrogen (secondary N) is 1. The number of thiophene rings is 1. The molecule has 1 aliphatic rings. The monoisotopic (exact) mass is 511 g/mol. The molecular weight excluding hydrogens is 498 g/mol. The van der Waals surface area contributed by atoms with Gasteiger partial charge in [-0.25, -0.2) is 8.42 Å². The van der Waals surface area contributed by atoms with Crippen molar-refractivity contribution in [1.29, 1.82) is 0 Å². The van der Waals surface area contributed by atoms with Gasteiger partial charge in [0, 0.05) is 20.3 Å². The Balaban J connectivity index is 1.60. The molecule has 150 valence electrons. The number of rotatable bonds is 6. The third-order valence-electron chi connectivity index (χ3n) is 4.91. The normalized spacial score (nSPS) is 21.1. The molecule has 1 fully saturated rings. The van der Waals surface area contributed by atoms with Crippen molar-refractivity contribution in [2.45, 2.75) is 22.1 Å². The molecule has 2 aromatic carbocycles. The van der Waals surface area contributed by atoms with Gasteiger partial charge >= 0.3 is 5.97 Å². The first kappa shape index (κ1) is 20.6. The van der Waals surface area contributed by atoms with Crippen molar-refractivity contribution < 1.29 is 18.3 Å². The number of halogens is 2. The van der Waals surface area contributed by atoms with E-state index in [0.717, 1.165) is 31.8 Å². The second-order valence-electron chi connectivity index (χ2n) is 6.82. The van der Waals surface area contributed by atoms with Crippen LogP contribution in [0.1, 0.15) is 17.9 Å². The largest absolute Gasteiger partial charge is 0.480 e. The molecule has 1 aromatic heterocycles. The zero-order chi connectivity index (χ0) is 20.8. The van der Waals surface area contributed by atoms with Gasteiger partial charge in [-0.2, -0.15) is 4.72 Å². The number of carboxylic acid groups (broad SMARTS) is 1. The van der Waals surface area contributed by atoms with Gasteiger partial charge in [0.15, 0.2) is 0 Å². The summed E-state index contributed by atoms with van der Waals surface area (Å²) < 4.78 is 29.3. The highest BCUT2D eigenvalue weighted by atomic mass is 79.9.